The van der Waals surface area contributed by atoms with E-state index >= 15 is 0 Å². The first-order valence-corrected chi connectivity index (χ1v) is 7.29. The molecule has 0 spiro atoms. The highest BCUT2D eigenvalue weighted by Gasteiger charge is 2.14. The van der Waals surface area contributed by atoms with E-state index in [-0.39, 0.29) is 5.96 Å². The number of rotatable bonds is 4. The molecule has 3 aromatic rings. The van der Waals surface area contributed by atoms with E-state index in [0.717, 1.165) is 11.3 Å². The van der Waals surface area contributed by atoms with Crippen LogP contribution in [-0.2, 0) is 6.42 Å². The lowest BCUT2D eigenvalue weighted by Gasteiger charge is -2.21. The van der Waals surface area contributed by atoms with Crippen molar-refractivity contribution in [1.29, 1.82) is 5.41 Å². The highest BCUT2D eigenvalue weighted by molar-refractivity contribution is 5.98. The minimum absolute atomic E-state index is 0.0828. The highest BCUT2D eigenvalue weighted by Crippen LogP contribution is 2.22. The molecule has 114 valence electrons. The number of nitrogens with one attached hydrogen (secondary N) is 1. The number of anilines is 2. The van der Waals surface area contributed by atoms with Crippen molar-refractivity contribution < 1.29 is 0 Å². The van der Waals surface area contributed by atoms with Gasteiger partial charge in [-0.1, -0.05) is 48.5 Å². The van der Waals surface area contributed by atoms with Gasteiger partial charge in [-0.15, -0.1) is 0 Å². The number of aromatic nitrogens is 2. The molecular weight excluding hydrogens is 286 g/mol. The average molecular weight is 303 g/mol. The van der Waals surface area contributed by atoms with Crippen LogP contribution < -0.4 is 10.6 Å². The van der Waals surface area contributed by atoms with Gasteiger partial charge in [0, 0.05) is 12.6 Å². The Morgan fingerprint density at radius 2 is 1.61 bits per heavy atom. The average Bonchev–Trinajstić information content (AvgIpc) is 2.57. The summed E-state index contributed by atoms with van der Waals surface area (Å²) in [6.45, 7) is 0. The van der Waals surface area contributed by atoms with Crippen molar-refractivity contribution >= 4 is 17.5 Å². The zero-order chi connectivity index (χ0) is 16.1. The second-order valence-electron chi connectivity index (χ2n) is 5.05. The zero-order valence-electron chi connectivity index (χ0n) is 12.6. The molecule has 5 nitrogen and oxygen atoms in total. The van der Waals surface area contributed by atoms with Crippen LogP contribution in [0.4, 0.5) is 11.5 Å². The van der Waals surface area contributed by atoms with E-state index in [1.807, 2.05) is 60.7 Å². The van der Waals surface area contributed by atoms with Crippen LogP contribution in [0.1, 0.15) is 11.4 Å². The molecule has 5 heteroatoms. The number of hydrogen-bond donors (Lipinski definition) is 2. The van der Waals surface area contributed by atoms with Crippen LogP contribution in [0.25, 0.3) is 0 Å². The Bertz CT molecular complexity index is 787. The predicted molar refractivity (Wildman–Crippen MR) is 91.8 cm³/mol. The molecule has 0 aliphatic rings. The van der Waals surface area contributed by atoms with Crippen LogP contribution in [0.3, 0.4) is 0 Å². The molecule has 1 aromatic heterocycles. The molecule has 0 fully saturated rings. The fraction of sp³-hybridized carbons (Fsp3) is 0.0556. The standard InChI is InChI=1S/C18H17N5/c19-18(20)23(15-9-5-2-6-10-15)17-11-12-21-16(22-17)13-14-7-3-1-4-8-14/h1-12H,13H2,(H3,19,20). The van der Waals surface area contributed by atoms with Crippen LogP contribution in [0.2, 0.25) is 0 Å². The summed E-state index contributed by atoms with van der Waals surface area (Å²) in [6.07, 6.45) is 2.33. The summed E-state index contributed by atoms with van der Waals surface area (Å²) in [5.74, 6) is 1.20. The summed E-state index contributed by atoms with van der Waals surface area (Å²) in [6, 6.07) is 21.3. The molecular formula is C18H17N5. The fourth-order valence-electron chi connectivity index (χ4n) is 2.35. The maximum absolute atomic E-state index is 7.86. The van der Waals surface area contributed by atoms with Crippen LogP contribution in [0, 0.1) is 5.41 Å². The van der Waals surface area contributed by atoms with Crippen molar-refractivity contribution in [3.05, 3.63) is 84.3 Å². The molecule has 0 unspecified atom stereocenters. The van der Waals surface area contributed by atoms with Crippen molar-refractivity contribution in [2.45, 2.75) is 6.42 Å². The largest absolute Gasteiger partial charge is 0.369 e. The Balaban J connectivity index is 1.92. The molecule has 2 aromatic carbocycles. The number of para-hydroxylation sites is 1. The number of guanidine groups is 1. The molecule has 0 saturated carbocycles. The predicted octanol–water partition coefficient (Wildman–Crippen LogP) is 3.10. The maximum atomic E-state index is 7.86. The summed E-state index contributed by atoms with van der Waals surface area (Å²) in [5, 5.41) is 7.86. The third-order valence-electron chi connectivity index (χ3n) is 3.38. The van der Waals surface area contributed by atoms with Gasteiger partial charge in [0.05, 0.1) is 5.69 Å². The molecule has 0 amide bonds. The lowest BCUT2D eigenvalue weighted by molar-refractivity contribution is 0.959. The molecule has 0 aliphatic heterocycles. The normalized spacial score (nSPS) is 10.3. The fourth-order valence-corrected chi connectivity index (χ4v) is 2.35. The Morgan fingerprint density at radius 1 is 0.957 bits per heavy atom. The molecule has 23 heavy (non-hydrogen) atoms. The summed E-state index contributed by atoms with van der Waals surface area (Å²) >= 11 is 0. The van der Waals surface area contributed by atoms with Gasteiger partial charge >= 0.3 is 0 Å². The van der Waals surface area contributed by atoms with E-state index in [1.165, 1.54) is 0 Å². The van der Waals surface area contributed by atoms with Crippen LogP contribution in [0.5, 0.6) is 0 Å². The van der Waals surface area contributed by atoms with Gasteiger partial charge in [0.2, 0.25) is 0 Å². The molecule has 0 aliphatic carbocycles. The van der Waals surface area contributed by atoms with E-state index in [0.29, 0.717) is 18.1 Å². The smallest absolute Gasteiger partial charge is 0.198 e. The highest BCUT2D eigenvalue weighted by atomic mass is 15.3. The van der Waals surface area contributed by atoms with E-state index in [4.69, 9.17) is 11.1 Å². The Morgan fingerprint density at radius 3 is 2.26 bits per heavy atom. The SMILES string of the molecule is N=C(N)N(c1ccccc1)c1ccnc(Cc2ccccc2)n1. The van der Waals surface area contributed by atoms with Gasteiger partial charge in [-0.05, 0) is 23.8 Å². The molecule has 3 rings (SSSR count). The van der Waals surface area contributed by atoms with E-state index < -0.39 is 0 Å². The van der Waals surface area contributed by atoms with Gasteiger partial charge in [-0.3, -0.25) is 10.3 Å². The third-order valence-corrected chi connectivity index (χ3v) is 3.38. The topological polar surface area (TPSA) is 78.9 Å². The zero-order valence-corrected chi connectivity index (χ0v) is 12.6. The van der Waals surface area contributed by atoms with Gasteiger partial charge < -0.3 is 5.73 Å². The second-order valence-corrected chi connectivity index (χ2v) is 5.05. The molecule has 0 atom stereocenters. The van der Waals surface area contributed by atoms with Crippen molar-refractivity contribution in [2.24, 2.45) is 5.73 Å². The summed E-state index contributed by atoms with van der Waals surface area (Å²) < 4.78 is 0. The number of nitrogens with zero attached hydrogens (tertiary/aromatic N) is 3. The summed E-state index contributed by atoms with van der Waals surface area (Å²) in [7, 11) is 0. The molecule has 0 bridgehead atoms. The van der Waals surface area contributed by atoms with Crippen molar-refractivity contribution in [3.8, 4) is 0 Å². The van der Waals surface area contributed by atoms with E-state index in [2.05, 4.69) is 9.97 Å². The van der Waals surface area contributed by atoms with Gasteiger partial charge in [-0.25, -0.2) is 9.97 Å². The minimum atomic E-state index is -0.0828. The third kappa shape index (κ3) is 3.52. The van der Waals surface area contributed by atoms with E-state index in [1.54, 1.807) is 17.2 Å². The second kappa shape index (κ2) is 6.70. The Labute approximate surface area is 134 Å². The first-order valence-electron chi connectivity index (χ1n) is 7.29. The number of nitrogens with two attached hydrogens (primary N) is 1. The van der Waals surface area contributed by atoms with Crippen LogP contribution in [-0.4, -0.2) is 15.9 Å². The van der Waals surface area contributed by atoms with Crippen molar-refractivity contribution in [1.82, 2.24) is 9.97 Å². The Kier molecular flexibility index (Phi) is 4.29. The van der Waals surface area contributed by atoms with E-state index in [9.17, 15) is 0 Å². The summed E-state index contributed by atoms with van der Waals surface area (Å²) in [4.78, 5) is 10.5. The summed E-state index contributed by atoms with van der Waals surface area (Å²) in [5.41, 5.74) is 7.69. The Hall–Kier alpha value is -3.21. The lowest BCUT2D eigenvalue weighted by atomic mass is 10.1. The first-order chi connectivity index (χ1) is 11.2. The minimum Gasteiger partial charge on any atom is -0.369 e. The lowest BCUT2D eigenvalue weighted by Crippen LogP contribution is -2.33. The molecule has 0 saturated heterocycles. The number of benzene rings is 2. The monoisotopic (exact) mass is 303 g/mol. The van der Waals surface area contributed by atoms with Crippen molar-refractivity contribution in [2.75, 3.05) is 4.90 Å². The van der Waals surface area contributed by atoms with Crippen LogP contribution in [0.15, 0.2) is 72.9 Å². The molecule has 3 N–H and O–H groups in total. The molecule has 1 heterocycles. The molecule has 0 radical (unpaired) electrons. The van der Waals surface area contributed by atoms with Gasteiger partial charge in [0.1, 0.15) is 11.6 Å². The van der Waals surface area contributed by atoms with Crippen molar-refractivity contribution in [3.63, 3.8) is 0 Å². The number of hydrogen-bond acceptors (Lipinski definition) is 3. The maximum Gasteiger partial charge on any atom is 0.198 e. The van der Waals surface area contributed by atoms with Gasteiger partial charge in [-0.2, -0.15) is 0 Å². The quantitative estimate of drug-likeness (QED) is 0.573. The van der Waals surface area contributed by atoms with Gasteiger partial charge in [0.25, 0.3) is 0 Å². The van der Waals surface area contributed by atoms with Gasteiger partial charge in [0.15, 0.2) is 5.96 Å². The first kappa shape index (κ1) is 14.7. The van der Waals surface area contributed by atoms with Crippen LogP contribution >= 0.6 is 0 Å².